The third kappa shape index (κ3) is 4.50. The van der Waals surface area contributed by atoms with Crippen molar-refractivity contribution in [3.8, 4) is 0 Å². The summed E-state index contributed by atoms with van der Waals surface area (Å²) in [6.07, 6.45) is 0. The molecular formula is C17H19N3O2S. The van der Waals surface area contributed by atoms with Crippen LogP contribution in [0.4, 0.5) is 17.1 Å². The Bertz CT molecular complexity index is 727. The lowest BCUT2D eigenvalue weighted by molar-refractivity contribution is -0.384. The molecule has 6 heteroatoms. The lowest BCUT2D eigenvalue weighted by Crippen LogP contribution is -2.19. The van der Waals surface area contributed by atoms with Crippen LogP contribution in [0.2, 0.25) is 0 Å². The summed E-state index contributed by atoms with van der Waals surface area (Å²) in [6.45, 7) is 6.14. The van der Waals surface area contributed by atoms with E-state index >= 15 is 0 Å². The van der Waals surface area contributed by atoms with E-state index in [0.29, 0.717) is 16.7 Å². The Morgan fingerprint density at radius 3 is 2.35 bits per heavy atom. The minimum absolute atomic E-state index is 0.0298. The second kappa shape index (κ2) is 7.19. The number of rotatable bonds is 4. The molecule has 0 aliphatic carbocycles. The van der Waals surface area contributed by atoms with Gasteiger partial charge in [0.2, 0.25) is 0 Å². The van der Waals surface area contributed by atoms with Crippen molar-refractivity contribution in [2.24, 2.45) is 0 Å². The zero-order chi connectivity index (χ0) is 17.0. The smallest absolute Gasteiger partial charge is 0.271 e. The normalized spacial score (nSPS) is 10.4. The molecule has 0 saturated heterocycles. The molecule has 5 nitrogen and oxygen atoms in total. The maximum absolute atomic E-state index is 10.9. The van der Waals surface area contributed by atoms with Crippen LogP contribution in [-0.4, -0.2) is 10.0 Å². The lowest BCUT2D eigenvalue weighted by Gasteiger charge is -2.13. The molecule has 0 aromatic heterocycles. The molecule has 0 heterocycles. The second-order valence-corrected chi connectivity index (χ2v) is 6.02. The third-order valence-corrected chi connectivity index (χ3v) is 3.72. The van der Waals surface area contributed by atoms with E-state index in [1.54, 1.807) is 6.07 Å². The molecule has 2 aromatic carbocycles. The lowest BCUT2D eigenvalue weighted by atomic mass is 10.0. The number of nitrogens with zero attached hydrogens (tertiary/aromatic N) is 1. The zero-order valence-electron chi connectivity index (χ0n) is 13.3. The van der Waals surface area contributed by atoms with Gasteiger partial charge in [-0.1, -0.05) is 32.0 Å². The number of nitro groups is 1. The van der Waals surface area contributed by atoms with Gasteiger partial charge >= 0.3 is 0 Å². The van der Waals surface area contributed by atoms with Crippen molar-refractivity contribution in [3.05, 3.63) is 63.7 Å². The Morgan fingerprint density at radius 2 is 1.78 bits per heavy atom. The minimum atomic E-state index is -0.425. The van der Waals surface area contributed by atoms with Crippen LogP contribution in [-0.2, 0) is 0 Å². The third-order valence-electron chi connectivity index (χ3n) is 3.52. The van der Waals surface area contributed by atoms with Crippen molar-refractivity contribution in [1.82, 2.24) is 0 Å². The molecule has 0 bridgehead atoms. The van der Waals surface area contributed by atoms with Crippen molar-refractivity contribution in [3.63, 3.8) is 0 Å². The molecule has 120 valence electrons. The summed E-state index contributed by atoms with van der Waals surface area (Å²) in [4.78, 5) is 10.4. The number of aryl methyl sites for hydroxylation is 1. The maximum Gasteiger partial charge on any atom is 0.271 e. The molecular weight excluding hydrogens is 310 g/mol. The zero-order valence-corrected chi connectivity index (χ0v) is 14.1. The monoisotopic (exact) mass is 329 g/mol. The van der Waals surface area contributed by atoms with Gasteiger partial charge in [-0.2, -0.15) is 0 Å². The summed E-state index contributed by atoms with van der Waals surface area (Å²) in [6, 6.07) is 12.7. The highest BCUT2D eigenvalue weighted by Crippen LogP contribution is 2.22. The molecule has 0 spiro atoms. The van der Waals surface area contributed by atoms with E-state index in [1.165, 1.54) is 17.7 Å². The molecule has 0 unspecified atom stereocenters. The molecule has 0 aliphatic rings. The van der Waals surface area contributed by atoms with E-state index in [4.69, 9.17) is 12.2 Å². The molecule has 0 amide bonds. The van der Waals surface area contributed by atoms with Crippen LogP contribution in [0, 0.1) is 17.0 Å². The van der Waals surface area contributed by atoms with E-state index in [-0.39, 0.29) is 5.69 Å². The molecule has 0 atom stereocenters. The van der Waals surface area contributed by atoms with Gasteiger partial charge in [0.25, 0.3) is 5.69 Å². The SMILES string of the molecule is Cc1ccc([N+](=O)[O-])cc1NC(=S)Nc1ccc(C(C)C)cc1. The highest BCUT2D eigenvalue weighted by atomic mass is 32.1. The first-order valence-electron chi connectivity index (χ1n) is 7.30. The summed E-state index contributed by atoms with van der Waals surface area (Å²) in [5.41, 5.74) is 3.66. The van der Waals surface area contributed by atoms with E-state index in [2.05, 4.69) is 24.5 Å². The summed E-state index contributed by atoms with van der Waals surface area (Å²) < 4.78 is 0. The number of anilines is 2. The Kier molecular flexibility index (Phi) is 5.28. The Hall–Kier alpha value is -2.47. The van der Waals surface area contributed by atoms with Crippen LogP contribution in [0.5, 0.6) is 0 Å². The van der Waals surface area contributed by atoms with Crippen LogP contribution in [0.1, 0.15) is 30.9 Å². The highest BCUT2D eigenvalue weighted by Gasteiger charge is 2.10. The number of hydrogen-bond donors (Lipinski definition) is 2. The van der Waals surface area contributed by atoms with Gasteiger partial charge in [-0.15, -0.1) is 0 Å². The largest absolute Gasteiger partial charge is 0.332 e. The fraction of sp³-hybridized carbons (Fsp3) is 0.235. The van der Waals surface area contributed by atoms with Gasteiger partial charge < -0.3 is 10.6 Å². The number of nitro benzene ring substituents is 1. The predicted molar refractivity (Wildman–Crippen MR) is 98.2 cm³/mol. The quantitative estimate of drug-likeness (QED) is 0.477. The number of benzene rings is 2. The van der Waals surface area contributed by atoms with Crippen LogP contribution in [0.3, 0.4) is 0 Å². The van der Waals surface area contributed by atoms with E-state index in [1.807, 2.05) is 31.2 Å². The van der Waals surface area contributed by atoms with Crippen LogP contribution >= 0.6 is 12.2 Å². The van der Waals surface area contributed by atoms with Crippen LogP contribution in [0.25, 0.3) is 0 Å². The van der Waals surface area contributed by atoms with Gasteiger partial charge in [-0.05, 0) is 48.3 Å². The van der Waals surface area contributed by atoms with Crippen LogP contribution in [0.15, 0.2) is 42.5 Å². The van der Waals surface area contributed by atoms with Crippen molar-refractivity contribution < 1.29 is 4.92 Å². The molecule has 23 heavy (non-hydrogen) atoms. The fourth-order valence-corrected chi connectivity index (χ4v) is 2.32. The fourth-order valence-electron chi connectivity index (χ4n) is 2.09. The van der Waals surface area contributed by atoms with Gasteiger partial charge in [0.1, 0.15) is 0 Å². The number of nitrogens with one attached hydrogen (secondary N) is 2. The summed E-state index contributed by atoms with van der Waals surface area (Å²) in [5, 5.41) is 17.3. The van der Waals surface area contributed by atoms with E-state index in [9.17, 15) is 10.1 Å². The van der Waals surface area contributed by atoms with Crippen LogP contribution < -0.4 is 10.6 Å². The standard InChI is InChI=1S/C17H19N3O2S/c1-11(2)13-5-7-14(8-6-13)18-17(23)19-16-10-15(20(21)22)9-4-12(16)3/h4-11H,1-3H3,(H2,18,19,23). The molecule has 2 rings (SSSR count). The summed E-state index contributed by atoms with van der Waals surface area (Å²) in [7, 11) is 0. The molecule has 0 aliphatic heterocycles. The molecule has 0 saturated carbocycles. The first kappa shape index (κ1) is 16.9. The van der Waals surface area contributed by atoms with Gasteiger partial charge in [0.15, 0.2) is 5.11 Å². The minimum Gasteiger partial charge on any atom is -0.332 e. The van der Waals surface area contributed by atoms with E-state index in [0.717, 1.165) is 11.3 Å². The summed E-state index contributed by atoms with van der Waals surface area (Å²) >= 11 is 5.28. The predicted octanol–water partition coefficient (Wildman–Crippen LogP) is 4.84. The first-order valence-corrected chi connectivity index (χ1v) is 7.70. The van der Waals surface area contributed by atoms with Gasteiger partial charge in [-0.25, -0.2) is 0 Å². The topological polar surface area (TPSA) is 67.2 Å². The first-order chi connectivity index (χ1) is 10.9. The number of non-ortho nitro benzene ring substituents is 1. The average molecular weight is 329 g/mol. The number of hydrogen-bond acceptors (Lipinski definition) is 3. The second-order valence-electron chi connectivity index (χ2n) is 5.61. The molecule has 0 fully saturated rings. The van der Waals surface area contributed by atoms with Gasteiger partial charge in [-0.3, -0.25) is 10.1 Å². The molecule has 2 aromatic rings. The van der Waals surface area contributed by atoms with Crippen molar-refractivity contribution in [2.45, 2.75) is 26.7 Å². The van der Waals surface area contributed by atoms with Gasteiger partial charge in [0, 0.05) is 23.5 Å². The molecule has 2 N–H and O–H groups in total. The highest BCUT2D eigenvalue weighted by molar-refractivity contribution is 7.80. The molecule has 0 radical (unpaired) electrons. The Balaban J connectivity index is 2.07. The van der Waals surface area contributed by atoms with Gasteiger partial charge in [0.05, 0.1) is 4.92 Å². The Labute approximate surface area is 140 Å². The van der Waals surface area contributed by atoms with E-state index < -0.39 is 4.92 Å². The average Bonchev–Trinajstić information content (AvgIpc) is 2.49. The Morgan fingerprint density at radius 1 is 1.13 bits per heavy atom. The maximum atomic E-state index is 10.9. The summed E-state index contributed by atoms with van der Waals surface area (Å²) in [5.74, 6) is 0.474. The number of thiocarbonyl (C=S) groups is 1. The van der Waals surface area contributed by atoms with Crippen molar-refractivity contribution >= 4 is 34.4 Å². The van der Waals surface area contributed by atoms with Crippen molar-refractivity contribution in [2.75, 3.05) is 10.6 Å². The van der Waals surface area contributed by atoms with Crippen molar-refractivity contribution in [1.29, 1.82) is 0 Å².